The molecule has 0 aliphatic carbocycles. The van der Waals surface area contributed by atoms with E-state index in [1.807, 2.05) is 43.3 Å². The van der Waals surface area contributed by atoms with E-state index in [4.69, 9.17) is 17.0 Å². The summed E-state index contributed by atoms with van der Waals surface area (Å²) >= 11 is 5.29. The number of sulfonamides is 1. The van der Waals surface area contributed by atoms with Crippen LogP contribution >= 0.6 is 12.2 Å². The van der Waals surface area contributed by atoms with E-state index in [1.165, 1.54) is 11.1 Å². The fourth-order valence-electron chi connectivity index (χ4n) is 5.15. The van der Waals surface area contributed by atoms with Gasteiger partial charge in [-0.15, -0.1) is 0 Å². The third-order valence-corrected chi connectivity index (χ3v) is 9.39. The first kappa shape index (κ1) is 30.4. The van der Waals surface area contributed by atoms with Gasteiger partial charge in [-0.05, 0) is 78.8 Å². The number of ether oxygens (including phenoxy) is 1. The van der Waals surface area contributed by atoms with Crippen LogP contribution in [0, 0.1) is 0 Å². The number of benzene rings is 4. The normalized spacial score (nSPS) is 14.3. The fraction of sp³-hybridized carbons (Fsp3) is 0.212. The minimum atomic E-state index is -3.68. The standard InChI is InChI=1S/C33H34N4O4S2/c1-2-41-29-17-13-27(14-18-29)32(38)35-33(42)34-28-15-19-30(20-16-28)43(39,40)37-23-21-36(22-24-37)31(25-9-5-3-6-10-25)26-11-7-4-8-12-26/h3-20,31H,2,21-24H2,1H3,(H2,34,35,38,42). The highest BCUT2D eigenvalue weighted by Gasteiger charge is 2.32. The zero-order valence-electron chi connectivity index (χ0n) is 23.8. The maximum absolute atomic E-state index is 13.5. The molecule has 4 aromatic carbocycles. The largest absolute Gasteiger partial charge is 0.494 e. The topological polar surface area (TPSA) is 91.0 Å². The zero-order chi connectivity index (χ0) is 30.2. The number of nitrogens with zero attached hydrogens (tertiary/aromatic N) is 2. The minimum Gasteiger partial charge on any atom is -0.494 e. The third kappa shape index (κ3) is 7.47. The third-order valence-electron chi connectivity index (χ3n) is 7.27. The molecule has 0 spiro atoms. The van der Waals surface area contributed by atoms with E-state index in [9.17, 15) is 13.2 Å². The Morgan fingerprint density at radius 2 is 1.37 bits per heavy atom. The molecule has 1 aliphatic rings. The van der Waals surface area contributed by atoms with Gasteiger partial charge in [-0.2, -0.15) is 4.31 Å². The SMILES string of the molecule is CCOc1ccc(C(=O)NC(=S)Nc2ccc(S(=O)(=O)N3CCN(C(c4ccccc4)c4ccccc4)CC3)cc2)cc1. The first-order valence-electron chi connectivity index (χ1n) is 14.1. The van der Waals surface area contributed by atoms with E-state index in [0.29, 0.717) is 49.8 Å². The summed E-state index contributed by atoms with van der Waals surface area (Å²) in [7, 11) is -3.68. The summed E-state index contributed by atoms with van der Waals surface area (Å²) in [6.07, 6.45) is 0. The number of piperazine rings is 1. The van der Waals surface area contributed by atoms with Crippen molar-refractivity contribution < 1.29 is 17.9 Å². The lowest BCUT2D eigenvalue weighted by Gasteiger charge is -2.39. The monoisotopic (exact) mass is 614 g/mol. The summed E-state index contributed by atoms with van der Waals surface area (Å²) in [5, 5.41) is 5.69. The van der Waals surface area contributed by atoms with Crippen LogP contribution in [-0.2, 0) is 10.0 Å². The number of thiocarbonyl (C=S) groups is 1. The number of amides is 1. The zero-order valence-corrected chi connectivity index (χ0v) is 25.5. The number of nitrogens with one attached hydrogen (secondary N) is 2. The van der Waals surface area contributed by atoms with Gasteiger partial charge in [0, 0.05) is 37.4 Å². The summed E-state index contributed by atoms with van der Waals surface area (Å²) in [6.45, 7) is 4.42. The van der Waals surface area contributed by atoms with Crippen molar-refractivity contribution in [2.45, 2.75) is 17.9 Å². The molecule has 0 aromatic heterocycles. The highest BCUT2D eigenvalue weighted by Crippen LogP contribution is 2.30. The molecule has 43 heavy (non-hydrogen) atoms. The molecule has 1 saturated heterocycles. The molecule has 1 amide bonds. The van der Waals surface area contributed by atoms with Crippen LogP contribution in [0.25, 0.3) is 0 Å². The number of anilines is 1. The summed E-state index contributed by atoms with van der Waals surface area (Å²) in [6, 6.07) is 33.8. The van der Waals surface area contributed by atoms with Crippen LogP contribution in [0.2, 0.25) is 0 Å². The van der Waals surface area contributed by atoms with Crippen LogP contribution in [0.1, 0.15) is 34.5 Å². The predicted octanol–water partition coefficient (Wildman–Crippen LogP) is 5.31. The van der Waals surface area contributed by atoms with Gasteiger partial charge in [0.25, 0.3) is 5.91 Å². The molecule has 1 aliphatic heterocycles. The molecule has 4 aromatic rings. The van der Waals surface area contributed by atoms with E-state index in [-0.39, 0.29) is 22.0 Å². The van der Waals surface area contributed by atoms with Gasteiger partial charge in [-0.3, -0.25) is 15.0 Å². The minimum absolute atomic E-state index is 0.0522. The molecule has 0 radical (unpaired) electrons. The van der Waals surface area contributed by atoms with Gasteiger partial charge in [0.15, 0.2) is 5.11 Å². The predicted molar refractivity (Wildman–Crippen MR) is 173 cm³/mol. The molecule has 8 nitrogen and oxygen atoms in total. The molecule has 0 saturated carbocycles. The Morgan fingerprint density at radius 1 is 0.814 bits per heavy atom. The fourth-order valence-corrected chi connectivity index (χ4v) is 6.79. The van der Waals surface area contributed by atoms with Gasteiger partial charge in [0.05, 0.1) is 17.5 Å². The number of carbonyl (C=O) groups excluding carboxylic acids is 1. The Labute approximate surface area is 258 Å². The molecule has 0 bridgehead atoms. The smallest absolute Gasteiger partial charge is 0.257 e. The molecule has 1 fully saturated rings. The second-order valence-corrected chi connectivity index (χ2v) is 12.4. The van der Waals surface area contributed by atoms with E-state index in [1.54, 1.807) is 52.8 Å². The van der Waals surface area contributed by atoms with E-state index >= 15 is 0 Å². The first-order chi connectivity index (χ1) is 20.8. The van der Waals surface area contributed by atoms with Gasteiger partial charge < -0.3 is 10.1 Å². The Bertz CT molecular complexity index is 1580. The Hall–Kier alpha value is -4.09. The van der Waals surface area contributed by atoms with Gasteiger partial charge in [-0.1, -0.05) is 60.7 Å². The van der Waals surface area contributed by atoms with Gasteiger partial charge in [0.1, 0.15) is 5.75 Å². The maximum atomic E-state index is 13.5. The Kier molecular flexibility index (Phi) is 9.83. The van der Waals surface area contributed by atoms with Crippen LogP contribution in [-0.4, -0.2) is 61.4 Å². The van der Waals surface area contributed by atoms with Crippen LogP contribution in [0.5, 0.6) is 5.75 Å². The van der Waals surface area contributed by atoms with Gasteiger partial charge in [0.2, 0.25) is 10.0 Å². The highest BCUT2D eigenvalue weighted by molar-refractivity contribution is 7.89. The number of hydrogen-bond acceptors (Lipinski definition) is 6. The summed E-state index contributed by atoms with van der Waals surface area (Å²) in [4.78, 5) is 15.1. The van der Waals surface area contributed by atoms with Crippen LogP contribution in [0.3, 0.4) is 0 Å². The molecule has 5 rings (SSSR count). The van der Waals surface area contributed by atoms with E-state index in [2.05, 4.69) is 39.8 Å². The lowest BCUT2D eigenvalue weighted by molar-refractivity contribution is 0.0977. The van der Waals surface area contributed by atoms with E-state index in [0.717, 1.165) is 0 Å². The second kappa shape index (κ2) is 13.9. The number of rotatable bonds is 9. The maximum Gasteiger partial charge on any atom is 0.257 e. The average molecular weight is 615 g/mol. The van der Waals surface area contributed by atoms with Gasteiger partial charge >= 0.3 is 0 Å². The average Bonchev–Trinajstić information content (AvgIpc) is 3.03. The Morgan fingerprint density at radius 3 is 1.91 bits per heavy atom. The lowest BCUT2D eigenvalue weighted by atomic mass is 9.96. The second-order valence-electron chi connectivity index (χ2n) is 10.1. The molecular formula is C33H34N4O4S2. The molecule has 0 unspecified atom stereocenters. The highest BCUT2D eigenvalue weighted by atomic mass is 32.2. The molecule has 1 heterocycles. The van der Waals surface area contributed by atoms with Crippen LogP contribution in [0.15, 0.2) is 114 Å². The molecule has 2 N–H and O–H groups in total. The molecule has 10 heteroatoms. The molecule has 0 atom stereocenters. The molecule has 222 valence electrons. The van der Waals surface area contributed by atoms with Crippen molar-refractivity contribution in [3.63, 3.8) is 0 Å². The van der Waals surface area contributed by atoms with Crippen molar-refractivity contribution in [1.82, 2.24) is 14.5 Å². The van der Waals surface area contributed by atoms with Crippen molar-refractivity contribution >= 4 is 38.9 Å². The number of carbonyl (C=O) groups is 1. The lowest BCUT2D eigenvalue weighted by Crippen LogP contribution is -2.49. The van der Waals surface area contributed by atoms with Gasteiger partial charge in [-0.25, -0.2) is 8.42 Å². The summed E-state index contributed by atoms with van der Waals surface area (Å²) in [5.74, 6) is 0.320. The summed E-state index contributed by atoms with van der Waals surface area (Å²) in [5.41, 5.74) is 3.37. The van der Waals surface area contributed by atoms with Crippen molar-refractivity contribution in [2.24, 2.45) is 0 Å². The summed E-state index contributed by atoms with van der Waals surface area (Å²) < 4.78 is 33.9. The van der Waals surface area contributed by atoms with Crippen molar-refractivity contribution in [2.75, 3.05) is 38.1 Å². The van der Waals surface area contributed by atoms with E-state index < -0.39 is 10.0 Å². The molecular weight excluding hydrogens is 581 g/mol. The first-order valence-corrected chi connectivity index (χ1v) is 16.0. The number of hydrogen-bond donors (Lipinski definition) is 2. The van der Waals surface area contributed by atoms with Crippen LogP contribution in [0.4, 0.5) is 5.69 Å². The van der Waals surface area contributed by atoms with Crippen molar-refractivity contribution in [3.8, 4) is 5.75 Å². The van der Waals surface area contributed by atoms with Crippen LogP contribution < -0.4 is 15.4 Å². The van der Waals surface area contributed by atoms with Crippen molar-refractivity contribution in [3.05, 3.63) is 126 Å². The Balaban J connectivity index is 1.19. The quantitative estimate of drug-likeness (QED) is 0.247. The van der Waals surface area contributed by atoms with Crippen molar-refractivity contribution in [1.29, 1.82) is 0 Å².